The van der Waals surface area contributed by atoms with Crippen molar-refractivity contribution in [1.29, 1.82) is 0 Å². The van der Waals surface area contributed by atoms with Crippen molar-refractivity contribution in [3.05, 3.63) is 65.7 Å². The van der Waals surface area contributed by atoms with E-state index in [9.17, 15) is 39.0 Å². The maximum Gasteiger partial charge on any atom is 0.326 e. The fourth-order valence-electron chi connectivity index (χ4n) is 4.41. The van der Waals surface area contributed by atoms with E-state index in [-0.39, 0.29) is 43.1 Å². The third-order valence-electron chi connectivity index (χ3n) is 6.80. The Kier molecular flexibility index (Phi) is 15.6. The zero-order chi connectivity index (χ0) is 34.2. The van der Waals surface area contributed by atoms with Crippen LogP contribution >= 0.6 is 12.6 Å². The minimum Gasteiger partial charge on any atom is -0.508 e. The molecule has 2 aromatic carbocycles. The minimum atomic E-state index is -1.19. The van der Waals surface area contributed by atoms with Gasteiger partial charge in [0.2, 0.25) is 29.5 Å². The highest BCUT2D eigenvalue weighted by atomic mass is 32.1. The lowest BCUT2D eigenvalue weighted by atomic mass is 10.0. The van der Waals surface area contributed by atoms with Crippen molar-refractivity contribution in [2.24, 2.45) is 5.92 Å². The molecule has 2 aromatic rings. The summed E-state index contributed by atoms with van der Waals surface area (Å²) in [6.45, 7) is 4.53. The van der Waals surface area contributed by atoms with Gasteiger partial charge < -0.3 is 36.8 Å². The van der Waals surface area contributed by atoms with Crippen molar-refractivity contribution in [3.63, 3.8) is 0 Å². The highest BCUT2D eigenvalue weighted by Gasteiger charge is 2.28. The summed E-state index contributed by atoms with van der Waals surface area (Å²) in [6.07, 6.45) is 0.438. The number of amides is 5. The second-order valence-electron chi connectivity index (χ2n) is 11.3. The molecule has 0 fully saturated rings. The molecule has 4 atom stereocenters. The lowest BCUT2D eigenvalue weighted by molar-refractivity contribution is -0.142. The number of carboxylic acid groups (broad SMARTS) is 1. The molecule has 0 unspecified atom stereocenters. The Morgan fingerprint density at radius 2 is 1.24 bits per heavy atom. The van der Waals surface area contributed by atoms with E-state index in [1.165, 1.54) is 19.1 Å². The van der Waals surface area contributed by atoms with E-state index in [4.69, 9.17) is 0 Å². The summed E-state index contributed by atoms with van der Waals surface area (Å²) in [5.41, 5.74) is 1.38. The highest BCUT2D eigenvalue weighted by Crippen LogP contribution is 2.12. The van der Waals surface area contributed by atoms with Gasteiger partial charge in [-0.2, -0.15) is 12.6 Å². The topological polar surface area (TPSA) is 203 Å². The largest absolute Gasteiger partial charge is 0.508 e. The van der Waals surface area contributed by atoms with Crippen LogP contribution in [0.3, 0.4) is 0 Å². The van der Waals surface area contributed by atoms with Gasteiger partial charge in [0.15, 0.2) is 0 Å². The van der Waals surface area contributed by atoms with Crippen LogP contribution in [0.25, 0.3) is 0 Å². The molecule has 0 aliphatic carbocycles. The number of hydrogen-bond donors (Lipinski definition) is 8. The lowest BCUT2D eigenvalue weighted by Gasteiger charge is -2.23. The van der Waals surface area contributed by atoms with Crippen molar-refractivity contribution in [2.75, 3.05) is 12.3 Å². The van der Waals surface area contributed by atoms with E-state index >= 15 is 0 Å². The number of benzene rings is 2. The van der Waals surface area contributed by atoms with Gasteiger partial charge in [0.05, 0.1) is 6.54 Å². The molecule has 0 saturated heterocycles. The molecule has 0 bridgehead atoms. The van der Waals surface area contributed by atoms with E-state index in [0.29, 0.717) is 5.56 Å². The first-order valence-corrected chi connectivity index (χ1v) is 15.5. The second kappa shape index (κ2) is 19.0. The summed E-state index contributed by atoms with van der Waals surface area (Å²) in [4.78, 5) is 75.7. The normalized spacial score (nSPS) is 13.4. The Balaban J connectivity index is 2.03. The van der Waals surface area contributed by atoms with Crippen LogP contribution in [0.15, 0.2) is 54.6 Å². The van der Waals surface area contributed by atoms with Gasteiger partial charge in [0.25, 0.3) is 0 Å². The third kappa shape index (κ3) is 13.6. The van der Waals surface area contributed by atoms with E-state index in [0.717, 1.165) is 5.56 Å². The number of carbonyl (C=O) groups is 6. The van der Waals surface area contributed by atoms with Crippen LogP contribution in [-0.2, 0) is 41.6 Å². The minimum absolute atomic E-state index is 0.00587. The van der Waals surface area contributed by atoms with Crippen molar-refractivity contribution in [2.45, 2.75) is 70.6 Å². The van der Waals surface area contributed by atoms with Crippen LogP contribution in [0.5, 0.6) is 5.75 Å². The number of rotatable bonds is 18. The predicted molar refractivity (Wildman–Crippen MR) is 174 cm³/mol. The molecule has 0 spiro atoms. The van der Waals surface area contributed by atoms with Crippen LogP contribution in [0.2, 0.25) is 0 Å². The molecule has 0 aliphatic rings. The third-order valence-corrected chi connectivity index (χ3v) is 7.02. The van der Waals surface area contributed by atoms with Crippen LogP contribution in [0.4, 0.5) is 0 Å². The monoisotopic (exact) mass is 657 g/mol. The first-order valence-electron chi connectivity index (χ1n) is 14.9. The summed E-state index contributed by atoms with van der Waals surface area (Å²) in [6, 6.07) is 10.6. The van der Waals surface area contributed by atoms with Crippen LogP contribution in [0, 0.1) is 5.92 Å². The van der Waals surface area contributed by atoms with Crippen LogP contribution in [0.1, 0.15) is 44.7 Å². The van der Waals surface area contributed by atoms with Crippen LogP contribution < -0.4 is 26.6 Å². The molecular weight excluding hydrogens is 614 g/mol. The fourth-order valence-corrected chi connectivity index (χ4v) is 4.62. The zero-order valence-corrected chi connectivity index (χ0v) is 27.0. The summed E-state index contributed by atoms with van der Waals surface area (Å²) >= 11 is 4.04. The van der Waals surface area contributed by atoms with E-state index < -0.39 is 66.2 Å². The number of phenols is 1. The lowest BCUT2D eigenvalue weighted by Crippen LogP contribution is -2.56. The quantitative estimate of drug-likeness (QED) is 0.107. The molecule has 0 aromatic heterocycles. The standard InChI is InChI=1S/C32H43N5O8S/c1-19(2)15-26(32(44)45)37-31(43)25(16-21-7-5-4-6-8-21)36-28(40)18-33-29(41)20(3)34-30(42)24(35-27(39)13-14-46)17-22-9-11-23(38)12-10-22/h4-12,19-20,24-26,38,46H,13-18H2,1-3H3,(H,33,41)(H,34,42)(H,35,39)(H,36,40)(H,37,43)(H,44,45)/t20-,24-,25-,26-/m0/s1. The molecule has 14 heteroatoms. The Bertz CT molecular complexity index is 1340. The molecule has 7 N–H and O–H groups in total. The average molecular weight is 658 g/mol. The van der Waals surface area contributed by atoms with Gasteiger partial charge >= 0.3 is 5.97 Å². The molecule has 0 radical (unpaired) electrons. The number of hydrogen-bond acceptors (Lipinski definition) is 8. The van der Waals surface area contributed by atoms with Crippen molar-refractivity contribution < 1.29 is 39.0 Å². The SMILES string of the molecule is CC(C)C[C@H](NC(=O)[C@H](Cc1ccccc1)NC(=O)CNC(=O)[C@H](C)NC(=O)[C@H](Cc1ccc(O)cc1)NC(=O)CCS)C(=O)O. The molecule has 2 rings (SSSR count). The van der Waals surface area contributed by atoms with Gasteiger partial charge in [-0.05, 0) is 48.3 Å². The molecule has 46 heavy (non-hydrogen) atoms. The van der Waals surface area contributed by atoms with Gasteiger partial charge in [0.1, 0.15) is 29.9 Å². The average Bonchev–Trinajstić information content (AvgIpc) is 3.00. The maximum atomic E-state index is 13.1. The highest BCUT2D eigenvalue weighted by molar-refractivity contribution is 7.80. The molecule has 0 aliphatic heterocycles. The van der Waals surface area contributed by atoms with Gasteiger partial charge in [-0.3, -0.25) is 24.0 Å². The fraction of sp³-hybridized carbons (Fsp3) is 0.438. The second-order valence-corrected chi connectivity index (χ2v) is 11.7. The van der Waals surface area contributed by atoms with Gasteiger partial charge in [0, 0.05) is 19.3 Å². The number of carbonyl (C=O) groups excluding carboxylic acids is 5. The molecule has 250 valence electrons. The molecule has 0 saturated carbocycles. The van der Waals surface area contributed by atoms with E-state index in [2.05, 4.69) is 39.2 Å². The first-order chi connectivity index (χ1) is 21.8. The first kappa shape index (κ1) is 37.6. The zero-order valence-electron chi connectivity index (χ0n) is 26.1. The van der Waals surface area contributed by atoms with Crippen molar-refractivity contribution >= 4 is 48.1 Å². The number of phenolic OH excluding ortho intramolecular Hbond substituents is 1. The Labute approximate surface area is 273 Å². The maximum absolute atomic E-state index is 13.1. The summed E-state index contributed by atoms with van der Waals surface area (Å²) in [7, 11) is 0. The van der Waals surface area contributed by atoms with Gasteiger partial charge in [-0.25, -0.2) is 4.79 Å². The molecule has 5 amide bonds. The number of carboxylic acids is 1. The Morgan fingerprint density at radius 1 is 0.696 bits per heavy atom. The number of thiol groups is 1. The number of nitrogens with one attached hydrogen (secondary N) is 5. The summed E-state index contributed by atoms with van der Waals surface area (Å²) < 4.78 is 0. The van der Waals surface area contributed by atoms with Crippen molar-refractivity contribution in [3.8, 4) is 5.75 Å². The smallest absolute Gasteiger partial charge is 0.326 e. The van der Waals surface area contributed by atoms with Gasteiger partial charge in [-0.15, -0.1) is 0 Å². The summed E-state index contributed by atoms with van der Waals surface area (Å²) in [5.74, 6) is -4.01. The van der Waals surface area contributed by atoms with Gasteiger partial charge in [-0.1, -0.05) is 56.3 Å². The Morgan fingerprint density at radius 3 is 1.78 bits per heavy atom. The Hall–Kier alpha value is -4.59. The number of aliphatic carboxylic acids is 1. The van der Waals surface area contributed by atoms with Crippen molar-refractivity contribution in [1.82, 2.24) is 26.6 Å². The molecule has 13 nitrogen and oxygen atoms in total. The molecular formula is C32H43N5O8S. The summed E-state index contributed by atoms with van der Waals surface area (Å²) in [5, 5.41) is 31.7. The predicted octanol–water partition coefficient (Wildman–Crippen LogP) is 0.703. The number of aromatic hydroxyl groups is 1. The van der Waals surface area contributed by atoms with E-state index in [1.807, 2.05) is 13.8 Å². The molecule has 0 heterocycles. The van der Waals surface area contributed by atoms with Crippen LogP contribution in [-0.4, -0.2) is 82.2 Å². The van der Waals surface area contributed by atoms with E-state index in [1.54, 1.807) is 42.5 Å².